The van der Waals surface area contributed by atoms with E-state index in [-0.39, 0.29) is 0 Å². The molecule has 2 rings (SSSR count). The van der Waals surface area contributed by atoms with Crippen LogP contribution in [0.25, 0.3) is 10.9 Å². The molecule has 1 nitrogen and oxygen atoms in total. The molecular formula is C12H13N. The average Bonchev–Trinajstić information content (AvgIpc) is 2.12. The molecule has 0 aliphatic heterocycles. The van der Waals surface area contributed by atoms with Crippen molar-refractivity contribution in [3.8, 4) is 0 Å². The van der Waals surface area contributed by atoms with Crippen molar-refractivity contribution in [2.45, 2.75) is 20.8 Å². The molecule has 1 aromatic carbocycles. The van der Waals surface area contributed by atoms with E-state index < -0.39 is 0 Å². The van der Waals surface area contributed by atoms with Crippen molar-refractivity contribution in [3.63, 3.8) is 0 Å². The number of hydrogen-bond donors (Lipinski definition) is 0. The van der Waals surface area contributed by atoms with E-state index in [1.165, 1.54) is 16.5 Å². The van der Waals surface area contributed by atoms with Crippen molar-refractivity contribution in [2.75, 3.05) is 0 Å². The highest BCUT2D eigenvalue weighted by atomic mass is 14.7. The van der Waals surface area contributed by atoms with Gasteiger partial charge in [0.1, 0.15) is 0 Å². The zero-order chi connectivity index (χ0) is 9.42. The fourth-order valence-electron chi connectivity index (χ4n) is 1.59. The summed E-state index contributed by atoms with van der Waals surface area (Å²) in [6, 6.07) is 8.49. The molecule has 0 radical (unpaired) electrons. The van der Waals surface area contributed by atoms with Gasteiger partial charge in [-0.3, -0.25) is 4.98 Å². The van der Waals surface area contributed by atoms with Gasteiger partial charge in [0, 0.05) is 11.1 Å². The number of nitrogens with zero attached hydrogens (tertiary/aromatic N) is 1. The van der Waals surface area contributed by atoms with Crippen LogP contribution in [0, 0.1) is 20.8 Å². The largest absolute Gasteiger partial charge is 0.253 e. The number of rotatable bonds is 0. The third-order valence-electron chi connectivity index (χ3n) is 2.42. The molecule has 0 N–H and O–H groups in total. The minimum Gasteiger partial charge on any atom is -0.253 e. The summed E-state index contributed by atoms with van der Waals surface area (Å²) in [5.74, 6) is 0. The Morgan fingerprint density at radius 2 is 1.54 bits per heavy atom. The average molecular weight is 171 g/mol. The SMILES string of the molecule is Cc1ccc2c(C)ccc(C)c2n1. The quantitative estimate of drug-likeness (QED) is 0.593. The van der Waals surface area contributed by atoms with E-state index in [0.29, 0.717) is 0 Å². The van der Waals surface area contributed by atoms with Crippen LogP contribution < -0.4 is 0 Å². The van der Waals surface area contributed by atoms with Gasteiger partial charge >= 0.3 is 0 Å². The summed E-state index contributed by atoms with van der Waals surface area (Å²) in [5.41, 5.74) is 4.78. The summed E-state index contributed by atoms with van der Waals surface area (Å²) in [4.78, 5) is 4.54. The number of hydrogen-bond acceptors (Lipinski definition) is 1. The van der Waals surface area contributed by atoms with Crippen molar-refractivity contribution >= 4 is 10.9 Å². The molecule has 0 saturated heterocycles. The van der Waals surface area contributed by atoms with Crippen LogP contribution in [-0.4, -0.2) is 4.98 Å². The number of aromatic nitrogens is 1. The van der Waals surface area contributed by atoms with Crippen LogP contribution in [0.15, 0.2) is 24.3 Å². The zero-order valence-corrected chi connectivity index (χ0v) is 8.26. The Morgan fingerprint density at radius 3 is 2.31 bits per heavy atom. The lowest BCUT2D eigenvalue weighted by molar-refractivity contribution is 1.23. The predicted molar refractivity (Wildman–Crippen MR) is 56.0 cm³/mol. The predicted octanol–water partition coefficient (Wildman–Crippen LogP) is 3.16. The van der Waals surface area contributed by atoms with E-state index in [1.54, 1.807) is 0 Å². The van der Waals surface area contributed by atoms with Crippen LogP contribution in [0.5, 0.6) is 0 Å². The van der Waals surface area contributed by atoms with Crippen molar-refractivity contribution < 1.29 is 0 Å². The van der Waals surface area contributed by atoms with Gasteiger partial charge in [-0.1, -0.05) is 18.2 Å². The van der Waals surface area contributed by atoms with E-state index >= 15 is 0 Å². The van der Waals surface area contributed by atoms with E-state index in [1.807, 2.05) is 6.92 Å². The Hall–Kier alpha value is -1.37. The fourth-order valence-corrected chi connectivity index (χ4v) is 1.59. The van der Waals surface area contributed by atoms with Crippen molar-refractivity contribution in [2.24, 2.45) is 0 Å². The number of fused-ring (bicyclic) bond motifs is 1. The molecule has 0 atom stereocenters. The third kappa shape index (κ3) is 1.31. The van der Waals surface area contributed by atoms with Crippen LogP contribution in [0.4, 0.5) is 0 Å². The monoisotopic (exact) mass is 171 g/mol. The van der Waals surface area contributed by atoms with Crippen LogP contribution in [0.2, 0.25) is 0 Å². The van der Waals surface area contributed by atoms with Crippen molar-refractivity contribution in [1.29, 1.82) is 0 Å². The first-order valence-corrected chi connectivity index (χ1v) is 4.52. The van der Waals surface area contributed by atoms with Gasteiger partial charge < -0.3 is 0 Å². The molecule has 66 valence electrons. The van der Waals surface area contributed by atoms with Gasteiger partial charge in [0.15, 0.2) is 0 Å². The van der Waals surface area contributed by atoms with Gasteiger partial charge in [-0.05, 0) is 38.0 Å². The normalized spacial score (nSPS) is 10.7. The van der Waals surface area contributed by atoms with Gasteiger partial charge in [0.2, 0.25) is 0 Å². The Labute approximate surface area is 78.4 Å². The summed E-state index contributed by atoms with van der Waals surface area (Å²) >= 11 is 0. The molecular weight excluding hydrogens is 158 g/mol. The van der Waals surface area contributed by atoms with Gasteiger partial charge in [0.05, 0.1) is 5.52 Å². The van der Waals surface area contributed by atoms with Crippen LogP contribution in [0.1, 0.15) is 16.8 Å². The first-order chi connectivity index (χ1) is 6.18. The summed E-state index contributed by atoms with van der Waals surface area (Å²) in [7, 11) is 0. The smallest absolute Gasteiger partial charge is 0.0736 e. The summed E-state index contributed by atoms with van der Waals surface area (Å²) in [5, 5.41) is 1.27. The highest BCUT2D eigenvalue weighted by Crippen LogP contribution is 2.20. The number of pyridine rings is 1. The number of benzene rings is 1. The maximum atomic E-state index is 4.54. The molecule has 2 aromatic rings. The molecule has 1 heterocycles. The minimum absolute atomic E-state index is 1.08. The molecule has 13 heavy (non-hydrogen) atoms. The molecule has 0 saturated carbocycles. The fraction of sp³-hybridized carbons (Fsp3) is 0.250. The first kappa shape index (κ1) is 8.24. The number of aryl methyl sites for hydroxylation is 3. The third-order valence-corrected chi connectivity index (χ3v) is 2.42. The Balaban J connectivity index is 2.92. The van der Waals surface area contributed by atoms with Crippen LogP contribution >= 0.6 is 0 Å². The van der Waals surface area contributed by atoms with Gasteiger partial charge in [0.25, 0.3) is 0 Å². The lowest BCUT2D eigenvalue weighted by Gasteiger charge is -2.04. The van der Waals surface area contributed by atoms with E-state index in [9.17, 15) is 0 Å². The molecule has 0 aliphatic carbocycles. The maximum absolute atomic E-state index is 4.54. The molecule has 0 bridgehead atoms. The van der Waals surface area contributed by atoms with E-state index in [2.05, 4.69) is 43.1 Å². The second-order valence-corrected chi connectivity index (χ2v) is 3.55. The first-order valence-electron chi connectivity index (χ1n) is 4.52. The van der Waals surface area contributed by atoms with Gasteiger partial charge in [-0.15, -0.1) is 0 Å². The molecule has 0 amide bonds. The van der Waals surface area contributed by atoms with Crippen LogP contribution in [0.3, 0.4) is 0 Å². The summed E-state index contributed by atoms with van der Waals surface area (Å²) in [6.45, 7) is 6.26. The van der Waals surface area contributed by atoms with Gasteiger partial charge in [-0.2, -0.15) is 0 Å². The molecule has 1 aromatic heterocycles. The topological polar surface area (TPSA) is 12.9 Å². The highest BCUT2D eigenvalue weighted by molar-refractivity contribution is 5.84. The lowest BCUT2D eigenvalue weighted by Crippen LogP contribution is -1.88. The Kier molecular flexibility index (Phi) is 1.80. The summed E-state index contributed by atoms with van der Waals surface area (Å²) < 4.78 is 0. The summed E-state index contributed by atoms with van der Waals surface area (Å²) in [6.07, 6.45) is 0. The Morgan fingerprint density at radius 1 is 0.846 bits per heavy atom. The van der Waals surface area contributed by atoms with E-state index in [0.717, 1.165) is 11.2 Å². The second-order valence-electron chi connectivity index (χ2n) is 3.55. The van der Waals surface area contributed by atoms with Crippen molar-refractivity contribution in [3.05, 3.63) is 41.1 Å². The zero-order valence-electron chi connectivity index (χ0n) is 8.26. The molecule has 0 aliphatic rings. The Bertz CT molecular complexity index is 458. The second kappa shape index (κ2) is 2.84. The standard InChI is InChI=1S/C12H13N/c1-8-4-5-9(2)12-11(8)7-6-10(3)13-12/h4-7H,1-3H3. The molecule has 0 unspecified atom stereocenters. The van der Waals surface area contributed by atoms with Crippen molar-refractivity contribution in [1.82, 2.24) is 4.98 Å². The molecule has 1 heteroatoms. The van der Waals surface area contributed by atoms with Crippen LogP contribution in [-0.2, 0) is 0 Å². The molecule has 0 fully saturated rings. The molecule has 0 spiro atoms. The van der Waals surface area contributed by atoms with Gasteiger partial charge in [-0.25, -0.2) is 0 Å². The highest BCUT2D eigenvalue weighted by Gasteiger charge is 2.00. The lowest BCUT2D eigenvalue weighted by atomic mass is 10.1. The minimum atomic E-state index is 1.08. The van der Waals surface area contributed by atoms with E-state index in [4.69, 9.17) is 0 Å². The maximum Gasteiger partial charge on any atom is 0.0736 e.